The van der Waals surface area contributed by atoms with Crippen LogP contribution in [0.2, 0.25) is 0 Å². The average Bonchev–Trinajstić information content (AvgIpc) is 3.22. The smallest absolute Gasteiger partial charge is 0.264 e. The number of Topliss-reactive ketones (excluding diaryl/α,β-unsaturated/α-hetero) is 1. The maximum atomic E-state index is 12.8. The Kier molecular flexibility index (Phi) is 4.09. The van der Waals surface area contributed by atoms with Gasteiger partial charge in [0.15, 0.2) is 5.78 Å². The summed E-state index contributed by atoms with van der Waals surface area (Å²) in [6, 6.07) is 11.1. The van der Waals surface area contributed by atoms with E-state index in [0.717, 1.165) is 4.88 Å². The number of para-hydroxylation sites is 1. The molecule has 1 atom stereocenters. The predicted octanol–water partition coefficient (Wildman–Crippen LogP) is 3.14. The topological polar surface area (TPSA) is 55.8 Å². The van der Waals surface area contributed by atoms with Crippen LogP contribution in [0.15, 0.2) is 36.4 Å². The van der Waals surface area contributed by atoms with Crippen molar-refractivity contribution >= 4 is 23.0 Å². The van der Waals surface area contributed by atoms with E-state index in [4.69, 9.17) is 9.47 Å². The van der Waals surface area contributed by atoms with E-state index < -0.39 is 5.60 Å². The van der Waals surface area contributed by atoms with Crippen molar-refractivity contribution in [2.75, 3.05) is 20.2 Å². The number of amides is 1. The van der Waals surface area contributed by atoms with Gasteiger partial charge in [0.25, 0.3) is 5.91 Å². The number of methoxy groups -OCH3 is 1. The first-order chi connectivity index (χ1) is 12.1. The van der Waals surface area contributed by atoms with E-state index in [9.17, 15) is 9.59 Å². The molecular formula is C19H19NO4S. The molecule has 5 nitrogen and oxygen atoms in total. The first-order valence-corrected chi connectivity index (χ1v) is 9.10. The largest absolute Gasteiger partial charge is 0.484 e. The number of nitrogens with zero attached hydrogens (tertiary/aromatic N) is 1. The SMILES string of the molecule is COCc1ccc(C(=O)N2CCC3(CC(=O)c4ccccc4O3)C2)s1. The Balaban J connectivity index is 1.51. The number of rotatable bonds is 3. The van der Waals surface area contributed by atoms with Gasteiger partial charge in [0.05, 0.1) is 30.0 Å². The highest BCUT2D eigenvalue weighted by atomic mass is 32.1. The second kappa shape index (κ2) is 6.28. The number of benzene rings is 1. The van der Waals surface area contributed by atoms with Crippen molar-refractivity contribution < 1.29 is 19.1 Å². The van der Waals surface area contributed by atoms with Gasteiger partial charge in [0, 0.05) is 25.0 Å². The molecule has 2 aromatic rings. The van der Waals surface area contributed by atoms with Crippen molar-refractivity contribution in [2.45, 2.75) is 25.0 Å². The van der Waals surface area contributed by atoms with Crippen molar-refractivity contribution in [3.05, 3.63) is 51.7 Å². The zero-order valence-corrected chi connectivity index (χ0v) is 14.8. The fourth-order valence-corrected chi connectivity index (χ4v) is 4.51. The molecular weight excluding hydrogens is 338 g/mol. The van der Waals surface area contributed by atoms with E-state index >= 15 is 0 Å². The molecule has 2 aliphatic heterocycles. The molecule has 0 radical (unpaired) electrons. The van der Waals surface area contributed by atoms with Crippen molar-refractivity contribution in [1.82, 2.24) is 4.90 Å². The van der Waals surface area contributed by atoms with Crippen molar-refractivity contribution in [3.63, 3.8) is 0 Å². The Morgan fingerprint density at radius 3 is 3.00 bits per heavy atom. The molecule has 2 aliphatic rings. The number of hydrogen-bond acceptors (Lipinski definition) is 5. The summed E-state index contributed by atoms with van der Waals surface area (Å²) < 4.78 is 11.3. The van der Waals surface area contributed by atoms with Crippen LogP contribution in [0.3, 0.4) is 0 Å². The second-order valence-electron chi connectivity index (χ2n) is 6.56. The van der Waals surface area contributed by atoms with Gasteiger partial charge in [0.2, 0.25) is 0 Å². The van der Waals surface area contributed by atoms with Gasteiger partial charge in [-0.1, -0.05) is 12.1 Å². The number of ether oxygens (including phenoxy) is 2. The molecule has 0 bridgehead atoms. The van der Waals surface area contributed by atoms with E-state index in [1.807, 2.05) is 30.3 Å². The Bertz CT molecular complexity index is 830. The molecule has 6 heteroatoms. The molecule has 4 rings (SSSR count). The maximum absolute atomic E-state index is 12.8. The van der Waals surface area contributed by atoms with Gasteiger partial charge in [-0.25, -0.2) is 0 Å². The van der Waals surface area contributed by atoms with E-state index in [0.29, 0.717) is 48.7 Å². The number of likely N-dealkylation sites (tertiary alicyclic amines) is 1. The predicted molar refractivity (Wildman–Crippen MR) is 94.3 cm³/mol. The lowest BCUT2D eigenvalue weighted by molar-refractivity contribution is 0.0429. The summed E-state index contributed by atoms with van der Waals surface area (Å²) in [5.74, 6) is 0.723. The van der Waals surface area contributed by atoms with Crippen LogP contribution < -0.4 is 4.74 Å². The minimum Gasteiger partial charge on any atom is -0.484 e. The normalized spacial score (nSPS) is 22.1. The summed E-state index contributed by atoms with van der Waals surface area (Å²) in [4.78, 5) is 28.8. The van der Waals surface area contributed by atoms with Crippen LogP contribution in [-0.2, 0) is 11.3 Å². The molecule has 3 heterocycles. The van der Waals surface area contributed by atoms with Gasteiger partial charge in [-0.05, 0) is 24.3 Å². The molecule has 0 aliphatic carbocycles. The molecule has 1 spiro atoms. The van der Waals surface area contributed by atoms with Gasteiger partial charge >= 0.3 is 0 Å². The molecule has 1 aromatic heterocycles. The van der Waals surface area contributed by atoms with Gasteiger partial charge in [-0.15, -0.1) is 11.3 Å². The number of ketones is 1. The molecule has 0 N–H and O–H groups in total. The van der Waals surface area contributed by atoms with Gasteiger partial charge in [0.1, 0.15) is 11.4 Å². The van der Waals surface area contributed by atoms with Gasteiger partial charge in [-0.3, -0.25) is 9.59 Å². The van der Waals surface area contributed by atoms with Gasteiger partial charge in [-0.2, -0.15) is 0 Å². The van der Waals surface area contributed by atoms with Crippen LogP contribution in [0.5, 0.6) is 5.75 Å². The van der Waals surface area contributed by atoms with Crippen molar-refractivity contribution in [2.24, 2.45) is 0 Å². The maximum Gasteiger partial charge on any atom is 0.264 e. The van der Waals surface area contributed by atoms with Crippen LogP contribution in [0.1, 0.15) is 37.7 Å². The van der Waals surface area contributed by atoms with E-state index in [-0.39, 0.29) is 11.7 Å². The molecule has 1 aromatic carbocycles. The number of hydrogen-bond donors (Lipinski definition) is 0. The molecule has 1 amide bonds. The molecule has 25 heavy (non-hydrogen) atoms. The quantitative estimate of drug-likeness (QED) is 0.847. The Labute approximate surface area is 150 Å². The van der Waals surface area contributed by atoms with Crippen molar-refractivity contribution in [3.8, 4) is 5.75 Å². The molecule has 1 saturated heterocycles. The van der Waals surface area contributed by atoms with E-state index in [1.54, 1.807) is 18.1 Å². The molecule has 1 unspecified atom stereocenters. The van der Waals surface area contributed by atoms with Crippen LogP contribution in [-0.4, -0.2) is 42.4 Å². The third-order valence-electron chi connectivity index (χ3n) is 4.76. The van der Waals surface area contributed by atoms with Crippen LogP contribution >= 0.6 is 11.3 Å². The number of fused-ring (bicyclic) bond motifs is 1. The monoisotopic (exact) mass is 357 g/mol. The lowest BCUT2D eigenvalue weighted by Gasteiger charge is -2.34. The molecule has 130 valence electrons. The summed E-state index contributed by atoms with van der Waals surface area (Å²) in [5.41, 5.74) is 0.0497. The second-order valence-corrected chi connectivity index (χ2v) is 7.73. The third kappa shape index (κ3) is 2.96. The zero-order chi connectivity index (χ0) is 17.4. The first kappa shape index (κ1) is 16.3. The summed E-state index contributed by atoms with van der Waals surface area (Å²) in [5, 5.41) is 0. The number of carbonyl (C=O) groups is 2. The highest BCUT2D eigenvalue weighted by Gasteiger charge is 2.47. The molecule has 1 fully saturated rings. The van der Waals surface area contributed by atoms with E-state index in [2.05, 4.69) is 0 Å². The first-order valence-electron chi connectivity index (χ1n) is 8.28. The zero-order valence-electron chi connectivity index (χ0n) is 14.0. The highest BCUT2D eigenvalue weighted by Crippen LogP contribution is 2.39. The minimum absolute atomic E-state index is 0.000800. The van der Waals surface area contributed by atoms with Crippen LogP contribution in [0, 0.1) is 0 Å². The standard InChI is InChI=1S/C19H19NO4S/c1-23-11-13-6-7-17(25-13)18(22)20-9-8-19(12-20)10-15(21)14-4-2-3-5-16(14)24-19/h2-7H,8-12H2,1H3. The van der Waals surface area contributed by atoms with Gasteiger partial charge < -0.3 is 14.4 Å². The number of thiophene rings is 1. The fourth-order valence-electron chi connectivity index (χ4n) is 3.56. The van der Waals surface area contributed by atoms with E-state index in [1.165, 1.54) is 11.3 Å². The van der Waals surface area contributed by atoms with Crippen molar-refractivity contribution in [1.29, 1.82) is 0 Å². The summed E-state index contributed by atoms with van der Waals surface area (Å²) in [7, 11) is 1.64. The molecule has 0 saturated carbocycles. The van der Waals surface area contributed by atoms with Crippen LogP contribution in [0.25, 0.3) is 0 Å². The Hall–Kier alpha value is -2.18. The summed E-state index contributed by atoms with van der Waals surface area (Å²) in [6.07, 6.45) is 1.00. The Morgan fingerprint density at radius 1 is 1.32 bits per heavy atom. The lowest BCUT2D eigenvalue weighted by Crippen LogP contribution is -2.45. The summed E-state index contributed by atoms with van der Waals surface area (Å²) >= 11 is 1.45. The Morgan fingerprint density at radius 2 is 2.16 bits per heavy atom. The fraction of sp³-hybridized carbons (Fsp3) is 0.368. The minimum atomic E-state index is -0.590. The van der Waals surface area contributed by atoms with Crippen LogP contribution in [0.4, 0.5) is 0 Å². The number of carbonyl (C=O) groups excluding carboxylic acids is 2. The average molecular weight is 357 g/mol. The lowest BCUT2D eigenvalue weighted by atomic mass is 9.89. The third-order valence-corrected chi connectivity index (χ3v) is 5.81. The highest BCUT2D eigenvalue weighted by molar-refractivity contribution is 7.14. The summed E-state index contributed by atoms with van der Waals surface area (Å²) in [6.45, 7) is 1.56.